The SMILES string of the molecule is N#Cc1ccccc1N=Nc1c(-c2ccc([N+](=O)[O-])cc2)[nH]n(C(N)=S)c1=O. The number of aromatic nitrogens is 2. The second kappa shape index (κ2) is 7.60. The second-order valence-electron chi connectivity index (χ2n) is 5.45. The molecular formula is C17H11N7O3S. The summed E-state index contributed by atoms with van der Waals surface area (Å²) in [6.45, 7) is 0. The van der Waals surface area contributed by atoms with Gasteiger partial charge >= 0.3 is 5.56 Å². The molecule has 0 aliphatic rings. The average molecular weight is 393 g/mol. The minimum atomic E-state index is -0.640. The zero-order chi connectivity index (χ0) is 20.3. The lowest BCUT2D eigenvalue weighted by molar-refractivity contribution is -0.384. The number of thiocarbonyl (C=S) groups is 1. The number of nitrogens with one attached hydrogen (secondary N) is 1. The van der Waals surface area contributed by atoms with Crippen LogP contribution in [0.1, 0.15) is 5.56 Å². The van der Waals surface area contributed by atoms with Gasteiger partial charge in [0.25, 0.3) is 5.69 Å². The van der Waals surface area contributed by atoms with Gasteiger partial charge in [0.1, 0.15) is 11.8 Å². The number of nitrogens with zero attached hydrogens (tertiary/aromatic N) is 5. The normalized spacial score (nSPS) is 10.7. The van der Waals surface area contributed by atoms with Crippen LogP contribution in [-0.2, 0) is 0 Å². The largest absolute Gasteiger partial charge is 0.374 e. The van der Waals surface area contributed by atoms with Crippen molar-refractivity contribution in [2.75, 3.05) is 0 Å². The molecule has 0 saturated carbocycles. The maximum absolute atomic E-state index is 12.6. The van der Waals surface area contributed by atoms with Crippen molar-refractivity contribution in [3.05, 3.63) is 74.6 Å². The zero-order valence-corrected chi connectivity index (χ0v) is 14.9. The lowest BCUT2D eigenvalue weighted by Gasteiger charge is -2.00. The smallest absolute Gasteiger partial charge is 0.301 e. The summed E-state index contributed by atoms with van der Waals surface area (Å²) in [5.74, 6) is 0. The molecule has 0 amide bonds. The number of nitriles is 1. The summed E-state index contributed by atoms with van der Waals surface area (Å²) in [4.78, 5) is 22.9. The van der Waals surface area contributed by atoms with Gasteiger partial charge in [-0.05, 0) is 36.5 Å². The van der Waals surface area contributed by atoms with Gasteiger partial charge in [0.2, 0.25) is 0 Å². The molecule has 1 aromatic heterocycles. The molecular weight excluding hydrogens is 382 g/mol. The molecule has 3 rings (SSSR count). The first-order valence-electron chi connectivity index (χ1n) is 7.73. The van der Waals surface area contributed by atoms with Gasteiger partial charge in [-0.1, -0.05) is 12.1 Å². The maximum Gasteiger partial charge on any atom is 0.301 e. The van der Waals surface area contributed by atoms with Crippen molar-refractivity contribution < 1.29 is 4.92 Å². The molecule has 0 aliphatic heterocycles. The number of nitro groups is 1. The first-order chi connectivity index (χ1) is 13.4. The van der Waals surface area contributed by atoms with Crippen LogP contribution >= 0.6 is 12.2 Å². The van der Waals surface area contributed by atoms with Crippen molar-refractivity contribution >= 4 is 34.4 Å². The van der Waals surface area contributed by atoms with Crippen LogP contribution in [0.3, 0.4) is 0 Å². The van der Waals surface area contributed by atoms with Crippen molar-refractivity contribution in [3.63, 3.8) is 0 Å². The number of rotatable bonds is 4. The fourth-order valence-electron chi connectivity index (χ4n) is 2.39. The Kier molecular flexibility index (Phi) is 5.05. The molecule has 1 heterocycles. The summed E-state index contributed by atoms with van der Waals surface area (Å²) in [6, 6.07) is 14.0. The molecule has 10 nitrogen and oxygen atoms in total. The van der Waals surface area contributed by atoms with Gasteiger partial charge in [0, 0.05) is 17.7 Å². The number of non-ortho nitro benzene ring substituents is 1. The predicted molar refractivity (Wildman–Crippen MR) is 105 cm³/mol. The molecule has 0 radical (unpaired) electrons. The minimum absolute atomic E-state index is 0.102. The third kappa shape index (κ3) is 3.53. The molecule has 11 heteroatoms. The van der Waals surface area contributed by atoms with E-state index in [4.69, 9.17) is 23.2 Å². The second-order valence-corrected chi connectivity index (χ2v) is 5.87. The molecule has 138 valence electrons. The van der Waals surface area contributed by atoms with Crippen molar-refractivity contribution in [3.8, 4) is 17.3 Å². The van der Waals surface area contributed by atoms with Crippen LogP contribution in [0, 0.1) is 21.4 Å². The van der Waals surface area contributed by atoms with Crippen LogP contribution in [0.25, 0.3) is 11.3 Å². The molecule has 3 aromatic rings. The van der Waals surface area contributed by atoms with Crippen molar-refractivity contribution in [1.29, 1.82) is 5.26 Å². The first-order valence-corrected chi connectivity index (χ1v) is 8.13. The summed E-state index contributed by atoms with van der Waals surface area (Å²) in [5, 5.41) is 30.4. The van der Waals surface area contributed by atoms with E-state index in [1.54, 1.807) is 24.3 Å². The molecule has 0 spiro atoms. The quantitative estimate of drug-likeness (QED) is 0.300. The number of nitrogens with two attached hydrogens (primary N) is 1. The van der Waals surface area contributed by atoms with Crippen LogP contribution in [0.15, 0.2) is 63.6 Å². The Morgan fingerprint density at radius 3 is 2.50 bits per heavy atom. The van der Waals surface area contributed by atoms with Crippen LogP contribution in [0.2, 0.25) is 0 Å². The van der Waals surface area contributed by atoms with E-state index in [0.29, 0.717) is 5.56 Å². The van der Waals surface area contributed by atoms with Crippen LogP contribution < -0.4 is 11.3 Å². The highest BCUT2D eigenvalue weighted by Crippen LogP contribution is 2.29. The fourth-order valence-corrected chi connectivity index (χ4v) is 2.52. The molecule has 3 N–H and O–H groups in total. The van der Waals surface area contributed by atoms with Crippen molar-refractivity contribution in [2.24, 2.45) is 16.0 Å². The molecule has 0 saturated heterocycles. The Morgan fingerprint density at radius 1 is 1.21 bits per heavy atom. The summed E-state index contributed by atoms with van der Waals surface area (Å²) < 4.78 is 0.913. The molecule has 2 aromatic carbocycles. The third-order valence-electron chi connectivity index (χ3n) is 3.74. The zero-order valence-electron chi connectivity index (χ0n) is 14.1. The maximum atomic E-state index is 12.6. The number of H-pyrrole nitrogens is 1. The first kappa shape index (κ1) is 18.6. The van der Waals surface area contributed by atoms with E-state index < -0.39 is 10.5 Å². The lowest BCUT2D eigenvalue weighted by Crippen LogP contribution is -2.29. The van der Waals surface area contributed by atoms with Gasteiger partial charge in [0.15, 0.2) is 10.8 Å². The number of benzene rings is 2. The highest BCUT2D eigenvalue weighted by molar-refractivity contribution is 7.80. The molecule has 28 heavy (non-hydrogen) atoms. The van der Waals surface area contributed by atoms with Crippen LogP contribution in [0.4, 0.5) is 17.1 Å². The lowest BCUT2D eigenvalue weighted by atomic mass is 10.1. The summed E-state index contributed by atoms with van der Waals surface area (Å²) in [7, 11) is 0. The average Bonchev–Trinajstić information content (AvgIpc) is 3.03. The molecule has 0 aliphatic carbocycles. The van der Waals surface area contributed by atoms with E-state index in [0.717, 1.165) is 4.68 Å². The van der Waals surface area contributed by atoms with E-state index >= 15 is 0 Å². The number of aromatic amines is 1. The Morgan fingerprint density at radius 2 is 1.89 bits per heavy atom. The van der Waals surface area contributed by atoms with Gasteiger partial charge in [-0.25, -0.2) is 0 Å². The van der Waals surface area contributed by atoms with E-state index in [2.05, 4.69) is 15.3 Å². The molecule has 0 bridgehead atoms. The molecule has 0 fully saturated rings. The summed E-state index contributed by atoms with van der Waals surface area (Å²) >= 11 is 4.85. The van der Waals surface area contributed by atoms with E-state index in [9.17, 15) is 14.9 Å². The summed E-state index contributed by atoms with van der Waals surface area (Å²) in [6.07, 6.45) is 0. The van der Waals surface area contributed by atoms with Crippen LogP contribution in [-0.4, -0.2) is 19.8 Å². The molecule has 0 unspecified atom stereocenters. The fraction of sp³-hybridized carbons (Fsp3) is 0. The highest BCUT2D eigenvalue weighted by atomic mass is 32.1. The standard InChI is InChI=1S/C17H11N7O3S/c18-9-11-3-1-2-4-13(11)20-21-15-14(22-23(16(15)25)17(19)28)10-5-7-12(8-6-10)24(26)27/h1-8,22H,(H2,19,28). The Bertz CT molecular complexity index is 1200. The van der Waals surface area contributed by atoms with E-state index in [-0.39, 0.29) is 33.4 Å². The minimum Gasteiger partial charge on any atom is -0.374 e. The van der Waals surface area contributed by atoms with E-state index in [1.165, 1.54) is 24.3 Å². The monoisotopic (exact) mass is 393 g/mol. The Balaban J connectivity index is 2.13. The number of hydrogen-bond acceptors (Lipinski definition) is 7. The van der Waals surface area contributed by atoms with Gasteiger partial charge in [-0.2, -0.15) is 9.94 Å². The Hall–Kier alpha value is -4.17. The van der Waals surface area contributed by atoms with Gasteiger partial charge in [-0.15, -0.1) is 10.2 Å². The van der Waals surface area contributed by atoms with E-state index in [1.807, 2.05) is 6.07 Å². The topological polar surface area (TPSA) is 155 Å². The highest BCUT2D eigenvalue weighted by Gasteiger charge is 2.18. The number of hydrogen-bond donors (Lipinski definition) is 2. The predicted octanol–water partition coefficient (Wildman–Crippen LogP) is 3.13. The number of azo groups is 1. The van der Waals surface area contributed by atoms with Gasteiger partial charge < -0.3 is 5.73 Å². The summed E-state index contributed by atoms with van der Waals surface area (Å²) in [5.41, 5.74) is 5.94. The molecule has 0 atom stereocenters. The van der Waals surface area contributed by atoms with Crippen molar-refractivity contribution in [2.45, 2.75) is 0 Å². The van der Waals surface area contributed by atoms with Gasteiger partial charge in [0.05, 0.1) is 16.2 Å². The van der Waals surface area contributed by atoms with Crippen molar-refractivity contribution in [1.82, 2.24) is 9.78 Å². The van der Waals surface area contributed by atoms with Gasteiger partial charge in [-0.3, -0.25) is 20.0 Å². The van der Waals surface area contributed by atoms with Crippen LogP contribution in [0.5, 0.6) is 0 Å². The third-order valence-corrected chi connectivity index (χ3v) is 3.92. The number of nitro benzene ring substituents is 1. The Labute approximate surface area is 162 Å².